The summed E-state index contributed by atoms with van der Waals surface area (Å²) in [6.07, 6.45) is 6.76. The molecule has 0 N–H and O–H groups in total. The van der Waals surface area contributed by atoms with Crippen molar-refractivity contribution in [2.75, 3.05) is 50.2 Å². The molecule has 1 aromatic carbocycles. The van der Waals surface area contributed by atoms with Gasteiger partial charge in [-0.05, 0) is 36.4 Å². The number of allylic oxidation sites excluding steroid dienone is 1. The highest BCUT2D eigenvalue weighted by Gasteiger charge is 2.13. The molecule has 25 heavy (non-hydrogen) atoms. The number of carbonyl (C=O) groups is 1. The molecule has 1 aliphatic heterocycles. The Kier molecular flexibility index (Phi) is 5.40. The lowest BCUT2D eigenvalue weighted by Gasteiger charge is -2.26. The van der Waals surface area contributed by atoms with Gasteiger partial charge in [-0.3, -0.25) is 4.79 Å². The van der Waals surface area contributed by atoms with Gasteiger partial charge >= 0.3 is 0 Å². The Morgan fingerprint density at radius 3 is 2.36 bits per heavy atom. The summed E-state index contributed by atoms with van der Waals surface area (Å²) >= 11 is 0. The number of hydrogen-bond acceptors (Lipinski definition) is 6. The molecule has 0 saturated carbocycles. The van der Waals surface area contributed by atoms with E-state index in [0.29, 0.717) is 24.7 Å². The fourth-order valence-electron chi connectivity index (χ4n) is 2.54. The number of aromatic nitrogens is 2. The molecule has 0 bridgehead atoms. The van der Waals surface area contributed by atoms with E-state index in [1.807, 2.05) is 43.3 Å². The van der Waals surface area contributed by atoms with Crippen molar-refractivity contribution in [2.24, 2.45) is 0 Å². The second-order valence-corrected chi connectivity index (χ2v) is 6.05. The number of nitrogens with zero attached hydrogens (tertiary/aromatic N) is 4. The van der Waals surface area contributed by atoms with E-state index in [9.17, 15) is 4.79 Å². The first-order valence-corrected chi connectivity index (χ1v) is 8.28. The highest BCUT2D eigenvalue weighted by molar-refractivity contribution is 6.06. The van der Waals surface area contributed by atoms with E-state index in [4.69, 9.17) is 4.74 Å². The zero-order valence-corrected chi connectivity index (χ0v) is 14.6. The summed E-state index contributed by atoms with van der Waals surface area (Å²) in [5.41, 5.74) is 2.52. The minimum absolute atomic E-state index is 0.0393. The highest BCUT2D eigenvalue weighted by Crippen LogP contribution is 2.14. The third-order valence-electron chi connectivity index (χ3n) is 4.05. The Morgan fingerprint density at radius 2 is 1.76 bits per heavy atom. The Bertz CT molecular complexity index is 733. The molecule has 0 spiro atoms. The van der Waals surface area contributed by atoms with E-state index >= 15 is 0 Å². The molecule has 1 saturated heterocycles. The second kappa shape index (κ2) is 7.90. The normalized spacial score (nSPS) is 14.7. The number of ether oxygens (including phenoxy) is 1. The number of morpholine rings is 1. The Hall–Kier alpha value is -2.73. The molecule has 1 aromatic heterocycles. The van der Waals surface area contributed by atoms with Gasteiger partial charge in [0.15, 0.2) is 5.78 Å². The number of carbonyl (C=O) groups excluding carboxylic acids is 1. The smallest absolute Gasteiger partial charge is 0.225 e. The summed E-state index contributed by atoms with van der Waals surface area (Å²) in [5, 5.41) is 0. The summed E-state index contributed by atoms with van der Waals surface area (Å²) in [6, 6.07) is 7.53. The van der Waals surface area contributed by atoms with Gasteiger partial charge in [-0.15, -0.1) is 0 Å². The minimum Gasteiger partial charge on any atom is -0.378 e. The molecule has 3 rings (SSSR count). The van der Waals surface area contributed by atoms with Crippen LogP contribution in [-0.4, -0.2) is 56.1 Å². The fourth-order valence-corrected chi connectivity index (χ4v) is 2.54. The monoisotopic (exact) mass is 338 g/mol. The molecule has 2 aromatic rings. The first-order valence-electron chi connectivity index (χ1n) is 8.28. The van der Waals surface area contributed by atoms with Crippen molar-refractivity contribution in [1.82, 2.24) is 9.97 Å². The van der Waals surface area contributed by atoms with Crippen LogP contribution in [0.1, 0.15) is 15.9 Å². The maximum Gasteiger partial charge on any atom is 0.225 e. The zero-order chi connectivity index (χ0) is 17.6. The topological polar surface area (TPSA) is 58.6 Å². The minimum atomic E-state index is -0.0393. The predicted octanol–water partition coefficient (Wildman–Crippen LogP) is 2.28. The van der Waals surface area contributed by atoms with Crippen LogP contribution in [0.25, 0.3) is 6.08 Å². The largest absolute Gasteiger partial charge is 0.378 e. The summed E-state index contributed by atoms with van der Waals surface area (Å²) in [4.78, 5) is 25.1. The Labute approximate surface area is 147 Å². The van der Waals surface area contributed by atoms with Crippen LogP contribution in [0, 0.1) is 0 Å². The van der Waals surface area contributed by atoms with Gasteiger partial charge in [0.2, 0.25) is 5.95 Å². The van der Waals surface area contributed by atoms with Crippen molar-refractivity contribution >= 4 is 23.5 Å². The maximum absolute atomic E-state index is 12.3. The standard InChI is InChI=1S/C19H22N4O2/c1-22(2)17-6-4-16(5-7-17)18(24)8-3-15-13-20-19(21-14-15)23-9-11-25-12-10-23/h3-8,13-14H,9-12H2,1-2H3. The molecule has 1 aliphatic rings. The first-order chi connectivity index (χ1) is 12.1. The van der Waals surface area contributed by atoms with Crippen LogP contribution in [-0.2, 0) is 4.74 Å². The average molecular weight is 338 g/mol. The molecule has 0 amide bonds. The van der Waals surface area contributed by atoms with Gasteiger partial charge in [0.1, 0.15) is 0 Å². The van der Waals surface area contributed by atoms with Gasteiger partial charge in [0, 0.05) is 56.4 Å². The molecular formula is C19H22N4O2. The van der Waals surface area contributed by atoms with Gasteiger partial charge in [-0.25, -0.2) is 9.97 Å². The molecule has 1 fully saturated rings. The van der Waals surface area contributed by atoms with Crippen LogP contribution >= 0.6 is 0 Å². The lowest BCUT2D eigenvalue weighted by Crippen LogP contribution is -2.37. The van der Waals surface area contributed by atoms with Gasteiger partial charge < -0.3 is 14.5 Å². The van der Waals surface area contributed by atoms with E-state index in [1.54, 1.807) is 24.5 Å². The maximum atomic E-state index is 12.3. The molecule has 2 heterocycles. The number of rotatable bonds is 5. The van der Waals surface area contributed by atoms with Crippen molar-refractivity contribution in [3.63, 3.8) is 0 Å². The van der Waals surface area contributed by atoms with Crippen LogP contribution in [0.15, 0.2) is 42.7 Å². The van der Waals surface area contributed by atoms with Crippen molar-refractivity contribution in [3.8, 4) is 0 Å². The quantitative estimate of drug-likeness (QED) is 0.616. The third kappa shape index (κ3) is 4.42. The lowest BCUT2D eigenvalue weighted by atomic mass is 10.1. The van der Waals surface area contributed by atoms with Crippen LogP contribution in [0.5, 0.6) is 0 Å². The van der Waals surface area contributed by atoms with Gasteiger partial charge in [-0.1, -0.05) is 0 Å². The molecule has 6 nitrogen and oxygen atoms in total. The predicted molar refractivity (Wildman–Crippen MR) is 99.2 cm³/mol. The third-order valence-corrected chi connectivity index (χ3v) is 4.05. The molecule has 130 valence electrons. The van der Waals surface area contributed by atoms with Crippen LogP contribution in [0.2, 0.25) is 0 Å². The molecular weight excluding hydrogens is 316 g/mol. The first kappa shape index (κ1) is 17.1. The van der Waals surface area contributed by atoms with E-state index in [2.05, 4.69) is 14.9 Å². The van der Waals surface area contributed by atoms with Gasteiger partial charge in [0.25, 0.3) is 0 Å². The fraction of sp³-hybridized carbons (Fsp3) is 0.316. The van der Waals surface area contributed by atoms with Crippen molar-refractivity contribution in [1.29, 1.82) is 0 Å². The number of ketones is 1. The number of anilines is 2. The molecule has 0 aliphatic carbocycles. The van der Waals surface area contributed by atoms with E-state index < -0.39 is 0 Å². The van der Waals surface area contributed by atoms with E-state index in [0.717, 1.165) is 24.3 Å². The lowest BCUT2D eigenvalue weighted by molar-refractivity contribution is 0.104. The number of benzene rings is 1. The molecule has 6 heteroatoms. The molecule has 0 radical (unpaired) electrons. The summed E-state index contributed by atoms with van der Waals surface area (Å²) in [6.45, 7) is 3.01. The van der Waals surface area contributed by atoms with E-state index in [-0.39, 0.29) is 5.78 Å². The SMILES string of the molecule is CN(C)c1ccc(C(=O)C=Cc2cnc(N3CCOCC3)nc2)cc1. The van der Waals surface area contributed by atoms with Crippen LogP contribution < -0.4 is 9.80 Å². The van der Waals surface area contributed by atoms with Gasteiger partial charge in [-0.2, -0.15) is 0 Å². The molecule has 0 atom stereocenters. The summed E-state index contributed by atoms with van der Waals surface area (Å²) < 4.78 is 5.32. The van der Waals surface area contributed by atoms with Crippen molar-refractivity contribution in [2.45, 2.75) is 0 Å². The van der Waals surface area contributed by atoms with E-state index in [1.165, 1.54) is 0 Å². The van der Waals surface area contributed by atoms with Crippen LogP contribution in [0.3, 0.4) is 0 Å². The average Bonchev–Trinajstić information content (AvgIpc) is 2.67. The number of hydrogen-bond donors (Lipinski definition) is 0. The zero-order valence-electron chi connectivity index (χ0n) is 14.6. The Balaban J connectivity index is 1.63. The van der Waals surface area contributed by atoms with Gasteiger partial charge in [0.05, 0.1) is 13.2 Å². The Morgan fingerprint density at radius 1 is 1.12 bits per heavy atom. The second-order valence-electron chi connectivity index (χ2n) is 6.05. The van der Waals surface area contributed by atoms with Crippen molar-refractivity contribution in [3.05, 3.63) is 53.9 Å². The summed E-state index contributed by atoms with van der Waals surface area (Å²) in [7, 11) is 3.94. The molecule has 0 unspecified atom stereocenters. The summed E-state index contributed by atoms with van der Waals surface area (Å²) in [5.74, 6) is 0.661. The van der Waals surface area contributed by atoms with Crippen LogP contribution in [0.4, 0.5) is 11.6 Å². The van der Waals surface area contributed by atoms with Crippen molar-refractivity contribution < 1.29 is 9.53 Å². The highest BCUT2D eigenvalue weighted by atomic mass is 16.5.